The molecule has 2 amide bonds. The molecule has 32 heavy (non-hydrogen) atoms. The van der Waals surface area contributed by atoms with Crippen LogP contribution in [-0.2, 0) is 9.59 Å². The van der Waals surface area contributed by atoms with Crippen molar-refractivity contribution in [1.82, 2.24) is 10.2 Å². The highest BCUT2D eigenvalue weighted by molar-refractivity contribution is 6.11. The number of nitrogens with zero attached hydrogens (tertiary/aromatic N) is 1. The molecule has 1 aliphatic heterocycles. The van der Waals surface area contributed by atoms with Crippen LogP contribution in [0, 0.1) is 18.2 Å². The number of Topliss-reactive ketones (excluding diaryl/α,β-unsaturated/α-hetero) is 2. The number of methoxy groups -OCH3 is 1. The van der Waals surface area contributed by atoms with Gasteiger partial charge in [-0.05, 0) is 48.7 Å². The van der Waals surface area contributed by atoms with E-state index in [0.29, 0.717) is 30.9 Å². The summed E-state index contributed by atoms with van der Waals surface area (Å²) in [5, 5.41) is 2.75. The maximum Gasteiger partial charge on any atom is 0.317 e. The molecule has 1 aliphatic carbocycles. The zero-order valence-electron chi connectivity index (χ0n) is 18.5. The van der Waals surface area contributed by atoms with Gasteiger partial charge in [-0.2, -0.15) is 0 Å². The molecule has 2 aliphatic rings. The van der Waals surface area contributed by atoms with Gasteiger partial charge in [-0.3, -0.25) is 9.59 Å². The number of urea groups is 1. The van der Waals surface area contributed by atoms with Crippen LogP contribution in [0.15, 0.2) is 36.4 Å². The van der Waals surface area contributed by atoms with Gasteiger partial charge in [-0.25, -0.2) is 9.18 Å². The fraction of sp³-hybridized carbons (Fsp3) is 0.400. The summed E-state index contributed by atoms with van der Waals surface area (Å²) in [5.41, 5.74) is 2.57. The highest BCUT2D eigenvalue weighted by Gasteiger charge is 2.53. The molecule has 2 fully saturated rings. The lowest BCUT2D eigenvalue weighted by molar-refractivity contribution is -0.141. The maximum atomic E-state index is 13.3. The second kappa shape index (κ2) is 8.37. The average molecular weight is 438 g/mol. The zero-order chi connectivity index (χ0) is 23.0. The van der Waals surface area contributed by atoms with E-state index in [9.17, 15) is 18.8 Å². The first kappa shape index (κ1) is 22.0. The number of ketones is 2. The van der Waals surface area contributed by atoms with Crippen LogP contribution in [0.1, 0.15) is 36.8 Å². The summed E-state index contributed by atoms with van der Waals surface area (Å²) >= 11 is 0. The fourth-order valence-electron chi connectivity index (χ4n) is 5.01. The van der Waals surface area contributed by atoms with Gasteiger partial charge in [0.2, 0.25) is 0 Å². The largest absolute Gasteiger partial charge is 0.496 e. The van der Waals surface area contributed by atoms with Crippen LogP contribution in [0.4, 0.5) is 9.18 Å². The number of amides is 2. The Bertz CT molecular complexity index is 1050. The molecule has 4 rings (SSSR count). The number of ether oxygens (including phenoxy) is 1. The van der Waals surface area contributed by atoms with Crippen LogP contribution in [0.5, 0.6) is 5.75 Å². The van der Waals surface area contributed by atoms with Crippen molar-refractivity contribution in [3.05, 3.63) is 53.3 Å². The number of hydrogen-bond donors (Lipinski definition) is 1. The zero-order valence-corrected chi connectivity index (χ0v) is 18.5. The predicted octanol–water partition coefficient (Wildman–Crippen LogP) is 3.86. The topological polar surface area (TPSA) is 75.7 Å². The number of carbonyl (C=O) groups excluding carboxylic acids is 3. The minimum atomic E-state index is -0.864. The van der Waals surface area contributed by atoms with Crippen molar-refractivity contribution in [2.75, 3.05) is 26.7 Å². The summed E-state index contributed by atoms with van der Waals surface area (Å²) in [7, 11) is 1.52. The maximum absolute atomic E-state index is 13.3. The van der Waals surface area contributed by atoms with Crippen molar-refractivity contribution < 1.29 is 23.5 Å². The Morgan fingerprint density at radius 2 is 1.75 bits per heavy atom. The van der Waals surface area contributed by atoms with Crippen molar-refractivity contribution >= 4 is 17.6 Å². The molecule has 0 unspecified atom stereocenters. The SMILES string of the molecule is CCNC(=O)N1CC2(CC(=O)C(c3c(C)cc(-c4ccc(F)cc4)cc3OC)C(=O)C2)C1. The third-order valence-electron chi connectivity index (χ3n) is 6.45. The fourth-order valence-corrected chi connectivity index (χ4v) is 5.01. The molecule has 0 atom stereocenters. The molecule has 1 saturated heterocycles. The first-order chi connectivity index (χ1) is 15.3. The van der Waals surface area contributed by atoms with E-state index < -0.39 is 11.3 Å². The van der Waals surface area contributed by atoms with Crippen LogP contribution in [0.2, 0.25) is 0 Å². The summed E-state index contributed by atoms with van der Waals surface area (Å²) in [6, 6.07) is 9.68. The Morgan fingerprint density at radius 1 is 1.12 bits per heavy atom. The third kappa shape index (κ3) is 3.87. The molecule has 1 N–H and O–H groups in total. The van der Waals surface area contributed by atoms with E-state index >= 15 is 0 Å². The number of carbonyl (C=O) groups is 3. The molecular weight excluding hydrogens is 411 g/mol. The number of halogens is 1. The molecular formula is C25H27FN2O4. The quantitative estimate of drug-likeness (QED) is 0.736. The molecule has 1 spiro atoms. The molecule has 168 valence electrons. The second-order valence-electron chi connectivity index (χ2n) is 8.83. The van der Waals surface area contributed by atoms with Crippen LogP contribution < -0.4 is 10.1 Å². The van der Waals surface area contributed by atoms with E-state index in [2.05, 4.69) is 5.32 Å². The van der Waals surface area contributed by atoms with E-state index in [1.807, 2.05) is 19.9 Å². The minimum absolute atomic E-state index is 0.132. The summed E-state index contributed by atoms with van der Waals surface area (Å²) < 4.78 is 18.9. The first-order valence-corrected chi connectivity index (χ1v) is 10.8. The third-order valence-corrected chi connectivity index (χ3v) is 6.45. The van der Waals surface area contributed by atoms with Gasteiger partial charge in [-0.15, -0.1) is 0 Å². The lowest BCUT2D eigenvalue weighted by Crippen LogP contribution is -2.63. The number of aryl methyl sites for hydroxylation is 1. The first-order valence-electron chi connectivity index (χ1n) is 10.8. The van der Waals surface area contributed by atoms with Gasteiger partial charge in [0.05, 0.1) is 7.11 Å². The van der Waals surface area contributed by atoms with Crippen molar-refractivity contribution in [3.8, 4) is 16.9 Å². The Balaban J connectivity index is 1.59. The van der Waals surface area contributed by atoms with Gasteiger partial charge >= 0.3 is 6.03 Å². The summed E-state index contributed by atoms with van der Waals surface area (Å²) in [5.74, 6) is -0.968. The molecule has 2 aromatic rings. The normalized spacial score (nSPS) is 17.9. The number of benzene rings is 2. The van der Waals surface area contributed by atoms with Gasteiger partial charge in [0, 0.05) is 43.5 Å². The molecule has 0 aromatic heterocycles. The molecule has 6 nitrogen and oxygen atoms in total. The Morgan fingerprint density at radius 3 is 2.31 bits per heavy atom. The van der Waals surface area contributed by atoms with E-state index in [0.717, 1.165) is 16.7 Å². The van der Waals surface area contributed by atoms with Gasteiger partial charge < -0.3 is 15.0 Å². The van der Waals surface area contributed by atoms with Crippen molar-refractivity contribution in [3.63, 3.8) is 0 Å². The van der Waals surface area contributed by atoms with Crippen LogP contribution in [-0.4, -0.2) is 49.2 Å². The Labute approximate surface area is 186 Å². The minimum Gasteiger partial charge on any atom is -0.496 e. The lowest BCUT2D eigenvalue weighted by Gasteiger charge is -2.52. The second-order valence-corrected chi connectivity index (χ2v) is 8.83. The molecule has 0 bridgehead atoms. The standard InChI is InChI=1S/C25H27FN2O4/c1-4-27-24(31)28-13-25(14-28)11-19(29)23(20(30)12-25)22-15(2)9-17(10-21(22)32-3)16-5-7-18(26)8-6-16/h5-10,23H,4,11-14H2,1-3H3,(H,27,31). The van der Waals surface area contributed by atoms with Crippen molar-refractivity contribution in [2.45, 2.75) is 32.6 Å². The lowest BCUT2D eigenvalue weighted by atomic mass is 9.63. The Hall–Kier alpha value is -3.22. The van der Waals surface area contributed by atoms with Crippen molar-refractivity contribution in [2.24, 2.45) is 5.41 Å². The summed E-state index contributed by atoms with van der Waals surface area (Å²) in [6.07, 6.45) is 0.531. The van der Waals surface area contributed by atoms with Gasteiger partial charge in [0.15, 0.2) is 0 Å². The number of hydrogen-bond acceptors (Lipinski definition) is 4. The highest BCUT2D eigenvalue weighted by atomic mass is 19.1. The average Bonchev–Trinajstić information content (AvgIpc) is 2.72. The molecule has 7 heteroatoms. The number of likely N-dealkylation sites (tertiary alicyclic amines) is 1. The van der Waals surface area contributed by atoms with Gasteiger partial charge in [-0.1, -0.05) is 18.2 Å². The van der Waals surface area contributed by atoms with Crippen LogP contribution >= 0.6 is 0 Å². The van der Waals surface area contributed by atoms with Gasteiger partial charge in [0.25, 0.3) is 0 Å². The van der Waals surface area contributed by atoms with E-state index in [1.54, 1.807) is 23.1 Å². The highest BCUT2D eigenvalue weighted by Crippen LogP contribution is 2.47. The predicted molar refractivity (Wildman–Crippen MR) is 118 cm³/mol. The van der Waals surface area contributed by atoms with Crippen LogP contribution in [0.3, 0.4) is 0 Å². The molecule has 2 aromatic carbocycles. The van der Waals surface area contributed by atoms with Crippen molar-refractivity contribution in [1.29, 1.82) is 0 Å². The van der Waals surface area contributed by atoms with Gasteiger partial charge in [0.1, 0.15) is 29.1 Å². The van der Waals surface area contributed by atoms with E-state index in [-0.39, 0.29) is 36.3 Å². The molecule has 0 radical (unpaired) electrons. The van der Waals surface area contributed by atoms with E-state index in [4.69, 9.17) is 4.74 Å². The van der Waals surface area contributed by atoms with Crippen LogP contribution in [0.25, 0.3) is 11.1 Å². The smallest absolute Gasteiger partial charge is 0.317 e. The number of rotatable bonds is 4. The monoisotopic (exact) mass is 438 g/mol. The molecule has 1 saturated carbocycles. The number of nitrogens with one attached hydrogen (secondary N) is 1. The summed E-state index contributed by atoms with van der Waals surface area (Å²) in [6.45, 7) is 5.08. The summed E-state index contributed by atoms with van der Waals surface area (Å²) in [4.78, 5) is 40.0. The van der Waals surface area contributed by atoms with E-state index in [1.165, 1.54) is 19.2 Å². The molecule has 1 heterocycles. The Kier molecular flexibility index (Phi) is 5.75.